The number of ether oxygens (including phenoxy) is 2. The van der Waals surface area contributed by atoms with Crippen molar-refractivity contribution in [2.45, 2.75) is 39.3 Å². The lowest BCUT2D eigenvalue weighted by molar-refractivity contribution is -0.123. The van der Waals surface area contributed by atoms with Crippen molar-refractivity contribution in [3.63, 3.8) is 0 Å². The quantitative estimate of drug-likeness (QED) is 0.643. The molecule has 0 aromatic heterocycles. The molecule has 1 aliphatic heterocycles. The lowest BCUT2D eigenvalue weighted by Gasteiger charge is -2.35. The van der Waals surface area contributed by atoms with Crippen LogP contribution >= 0.6 is 0 Å². The lowest BCUT2D eigenvalue weighted by atomic mass is 9.98. The van der Waals surface area contributed by atoms with E-state index in [1.807, 2.05) is 0 Å². The fraction of sp³-hybridized carbons (Fsp3) is 0.417. The zero-order valence-electron chi connectivity index (χ0n) is 17.9. The third kappa shape index (κ3) is 5.39. The molecule has 0 bridgehead atoms. The summed E-state index contributed by atoms with van der Waals surface area (Å²) in [6, 6.07) is 13.8. The second kappa shape index (κ2) is 10.3. The first-order valence-corrected chi connectivity index (χ1v) is 10.4. The van der Waals surface area contributed by atoms with Gasteiger partial charge in [-0.2, -0.15) is 0 Å². The molecule has 6 heteroatoms. The second-order valence-corrected chi connectivity index (χ2v) is 7.57. The van der Waals surface area contributed by atoms with E-state index in [2.05, 4.69) is 41.4 Å². The first-order chi connectivity index (χ1) is 14.5. The molecule has 1 heterocycles. The molecule has 0 fully saturated rings. The van der Waals surface area contributed by atoms with Gasteiger partial charge in [-0.1, -0.05) is 31.2 Å². The van der Waals surface area contributed by atoms with Crippen molar-refractivity contribution in [3.8, 4) is 11.5 Å². The molecule has 1 amide bonds. The molecule has 30 heavy (non-hydrogen) atoms. The van der Waals surface area contributed by atoms with Gasteiger partial charge < -0.3 is 14.8 Å². The van der Waals surface area contributed by atoms with Crippen molar-refractivity contribution in [1.29, 1.82) is 0 Å². The maximum absolute atomic E-state index is 12.3. The molecule has 0 unspecified atom stereocenters. The van der Waals surface area contributed by atoms with Crippen LogP contribution < -0.4 is 14.8 Å². The maximum Gasteiger partial charge on any atom is 0.257 e. The third-order valence-electron chi connectivity index (χ3n) is 5.61. The number of fused-ring (bicyclic) bond motifs is 1. The van der Waals surface area contributed by atoms with Gasteiger partial charge in [0, 0.05) is 31.2 Å². The molecule has 2 aromatic carbocycles. The zero-order valence-corrected chi connectivity index (χ0v) is 17.9. The Balaban J connectivity index is 1.51. The molecule has 0 aliphatic carbocycles. The fourth-order valence-electron chi connectivity index (χ4n) is 3.79. The molecular formula is C24H30N2O4. The fourth-order valence-corrected chi connectivity index (χ4v) is 3.79. The molecule has 2 aromatic rings. The van der Waals surface area contributed by atoms with Gasteiger partial charge in [0.1, 0.15) is 0 Å². The summed E-state index contributed by atoms with van der Waals surface area (Å²) in [6.07, 6.45) is 2.00. The van der Waals surface area contributed by atoms with Gasteiger partial charge in [0.15, 0.2) is 23.9 Å². The molecule has 1 aliphatic rings. The van der Waals surface area contributed by atoms with Crippen molar-refractivity contribution < 1.29 is 19.1 Å². The number of hydrogen-bond acceptors (Lipinski definition) is 5. The minimum Gasteiger partial charge on any atom is -0.493 e. The Morgan fingerprint density at radius 2 is 1.90 bits per heavy atom. The number of benzene rings is 2. The van der Waals surface area contributed by atoms with Crippen LogP contribution in [0.5, 0.6) is 11.5 Å². The Labute approximate surface area is 178 Å². The molecule has 0 saturated heterocycles. The Hall–Kier alpha value is -2.86. The molecule has 6 nitrogen and oxygen atoms in total. The van der Waals surface area contributed by atoms with Gasteiger partial charge in [-0.15, -0.1) is 0 Å². The van der Waals surface area contributed by atoms with E-state index in [0.717, 1.165) is 25.9 Å². The van der Waals surface area contributed by atoms with Crippen molar-refractivity contribution >= 4 is 11.7 Å². The topological polar surface area (TPSA) is 67.9 Å². The maximum atomic E-state index is 12.3. The van der Waals surface area contributed by atoms with E-state index in [0.29, 0.717) is 23.6 Å². The normalized spacial score (nSPS) is 14.5. The lowest BCUT2D eigenvalue weighted by Crippen LogP contribution is -2.46. The number of carbonyl (C=O) groups is 2. The minimum absolute atomic E-state index is 0.0523. The van der Waals surface area contributed by atoms with Crippen LogP contribution in [-0.2, 0) is 17.8 Å². The Morgan fingerprint density at radius 1 is 1.13 bits per heavy atom. The van der Waals surface area contributed by atoms with Gasteiger partial charge >= 0.3 is 0 Å². The summed E-state index contributed by atoms with van der Waals surface area (Å²) in [7, 11) is 1.51. The van der Waals surface area contributed by atoms with E-state index in [1.165, 1.54) is 25.2 Å². The van der Waals surface area contributed by atoms with Gasteiger partial charge in [0.25, 0.3) is 5.91 Å². The number of methoxy groups -OCH3 is 1. The first-order valence-electron chi connectivity index (χ1n) is 10.4. The third-order valence-corrected chi connectivity index (χ3v) is 5.61. The summed E-state index contributed by atoms with van der Waals surface area (Å²) in [5, 5.41) is 2.99. The highest BCUT2D eigenvalue weighted by atomic mass is 16.5. The summed E-state index contributed by atoms with van der Waals surface area (Å²) in [5.74, 6) is 0.651. The predicted molar refractivity (Wildman–Crippen MR) is 116 cm³/mol. The summed E-state index contributed by atoms with van der Waals surface area (Å²) >= 11 is 0. The van der Waals surface area contributed by atoms with Crippen LogP contribution in [-0.4, -0.2) is 49.4 Å². The summed E-state index contributed by atoms with van der Waals surface area (Å²) in [6.45, 7) is 6.04. The Kier molecular flexibility index (Phi) is 7.46. The molecule has 0 radical (unpaired) electrons. The monoisotopic (exact) mass is 410 g/mol. The molecule has 160 valence electrons. The van der Waals surface area contributed by atoms with Gasteiger partial charge in [-0.05, 0) is 49.1 Å². The van der Waals surface area contributed by atoms with Crippen molar-refractivity contribution in [1.82, 2.24) is 10.2 Å². The van der Waals surface area contributed by atoms with E-state index in [-0.39, 0.29) is 24.3 Å². The molecule has 0 spiro atoms. The highest BCUT2D eigenvalue weighted by Gasteiger charge is 2.22. The SMILES string of the molecule is CC[C@@H](CNC(=O)COc1ccc(C(C)=O)cc1OC)N1CCc2ccccc2C1. The van der Waals surface area contributed by atoms with Crippen LogP contribution in [0, 0.1) is 0 Å². The Morgan fingerprint density at radius 3 is 2.60 bits per heavy atom. The smallest absolute Gasteiger partial charge is 0.257 e. The van der Waals surface area contributed by atoms with Crippen LogP contribution in [0.25, 0.3) is 0 Å². The summed E-state index contributed by atoms with van der Waals surface area (Å²) < 4.78 is 10.9. The van der Waals surface area contributed by atoms with E-state index in [4.69, 9.17) is 9.47 Å². The van der Waals surface area contributed by atoms with Crippen LogP contribution in [0.1, 0.15) is 41.8 Å². The van der Waals surface area contributed by atoms with Gasteiger partial charge in [-0.3, -0.25) is 14.5 Å². The van der Waals surface area contributed by atoms with Crippen molar-refractivity contribution in [2.24, 2.45) is 0 Å². The van der Waals surface area contributed by atoms with Crippen LogP contribution in [0.15, 0.2) is 42.5 Å². The van der Waals surface area contributed by atoms with Crippen LogP contribution in [0.3, 0.4) is 0 Å². The molecule has 1 atom stereocenters. The van der Waals surface area contributed by atoms with E-state index >= 15 is 0 Å². The number of ketones is 1. The number of rotatable bonds is 9. The average molecular weight is 411 g/mol. The number of hydrogen-bond donors (Lipinski definition) is 1. The number of Topliss-reactive ketones (excluding diaryl/α,β-unsaturated/α-hetero) is 1. The predicted octanol–water partition coefficient (Wildman–Crippen LogP) is 3.23. The zero-order chi connectivity index (χ0) is 21.5. The highest BCUT2D eigenvalue weighted by Crippen LogP contribution is 2.28. The molecule has 1 N–H and O–H groups in total. The highest BCUT2D eigenvalue weighted by molar-refractivity contribution is 5.94. The van der Waals surface area contributed by atoms with E-state index in [1.54, 1.807) is 18.2 Å². The minimum atomic E-state index is -0.177. The first kappa shape index (κ1) is 21.8. The number of nitrogens with zero attached hydrogens (tertiary/aromatic N) is 1. The van der Waals surface area contributed by atoms with E-state index in [9.17, 15) is 9.59 Å². The largest absolute Gasteiger partial charge is 0.493 e. The standard InChI is InChI=1S/C24H30N2O4/c1-4-21(26-12-11-18-7-5-6-8-20(18)15-26)14-25-24(28)16-30-22-10-9-19(17(2)27)13-23(22)29-3/h5-10,13,21H,4,11-12,14-16H2,1-3H3,(H,25,28)/t21-/m0/s1. The summed E-state index contributed by atoms with van der Waals surface area (Å²) in [4.78, 5) is 26.3. The van der Waals surface area contributed by atoms with Crippen molar-refractivity contribution in [3.05, 3.63) is 59.2 Å². The van der Waals surface area contributed by atoms with Gasteiger partial charge in [0.2, 0.25) is 0 Å². The van der Waals surface area contributed by atoms with Gasteiger partial charge in [-0.25, -0.2) is 0 Å². The van der Waals surface area contributed by atoms with E-state index < -0.39 is 0 Å². The number of carbonyl (C=O) groups excluding carboxylic acids is 2. The average Bonchev–Trinajstić information content (AvgIpc) is 2.77. The number of amides is 1. The van der Waals surface area contributed by atoms with Crippen LogP contribution in [0.4, 0.5) is 0 Å². The van der Waals surface area contributed by atoms with Crippen molar-refractivity contribution in [2.75, 3.05) is 26.8 Å². The molecule has 0 saturated carbocycles. The molecule has 3 rings (SSSR count). The number of nitrogens with one attached hydrogen (secondary N) is 1. The summed E-state index contributed by atoms with van der Waals surface area (Å²) in [5.41, 5.74) is 3.33. The van der Waals surface area contributed by atoms with Gasteiger partial charge in [0.05, 0.1) is 7.11 Å². The molecular weight excluding hydrogens is 380 g/mol. The van der Waals surface area contributed by atoms with Crippen LogP contribution in [0.2, 0.25) is 0 Å². The second-order valence-electron chi connectivity index (χ2n) is 7.57. The Bertz CT molecular complexity index is 897.